The summed E-state index contributed by atoms with van der Waals surface area (Å²) >= 11 is 0. The Morgan fingerprint density at radius 1 is 1.65 bits per heavy atom. The van der Waals surface area contributed by atoms with Gasteiger partial charge in [0.15, 0.2) is 0 Å². The molecule has 0 radical (unpaired) electrons. The summed E-state index contributed by atoms with van der Waals surface area (Å²) in [6, 6.07) is 0. The van der Waals surface area contributed by atoms with Crippen molar-refractivity contribution in [1.29, 1.82) is 0 Å². The molecule has 0 bridgehead atoms. The zero-order valence-corrected chi connectivity index (χ0v) is 10.5. The molecule has 1 amide bonds. The van der Waals surface area contributed by atoms with Crippen molar-refractivity contribution in [2.24, 2.45) is 18.2 Å². The van der Waals surface area contributed by atoms with E-state index in [9.17, 15) is 4.79 Å². The summed E-state index contributed by atoms with van der Waals surface area (Å²) in [6.45, 7) is 4.48. The Labute approximate surface area is 102 Å². The lowest BCUT2D eigenvalue weighted by atomic mass is 9.81. The van der Waals surface area contributed by atoms with Crippen LogP contribution in [0.3, 0.4) is 0 Å². The van der Waals surface area contributed by atoms with Gasteiger partial charge in [0.05, 0.1) is 12.0 Å². The molecule has 1 fully saturated rings. The maximum Gasteiger partial charge on any atom is 0.224 e. The molecule has 0 aromatic carbocycles. The SMILES string of the molecule is Cn1ccnc1CN1CCCC(C)(C(N)=O)C1. The van der Waals surface area contributed by atoms with Gasteiger partial charge in [0.25, 0.3) is 0 Å². The van der Waals surface area contributed by atoms with Crippen LogP contribution in [-0.2, 0) is 18.4 Å². The molecule has 0 aliphatic carbocycles. The molecular formula is C12H20N4O. The number of hydrogen-bond donors (Lipinski definition) is 1. The Morgan fingerprint density at radius 2 is 2.41 bits per heavy atom. The minimum atomic E-state index is -0.386. The van der Waals surface area contributed by atoms with E-state index in [1.165, 1.54) is 0 Å². The molecule has 0 spiro atoms. The second-order valence-electron chi connectivity index (χ2n) is 5.19. The van der Waals surface area contributed by atoms with Gasteiger partial charge in [0, 0.05) is 26.0 Å². The largest absolute Gasteiger partial charge is 0.369 e. The minimum Gasteiger partial charge on any atom is -0.369 e. The molecule has 1 unspecified atom stereocenters. The number of hydrogen-bond acceptors (Lipinski definition) is 3. The molecule has 1 saturated heterocycles. The molecule has 1 aromatic heterocycles. The fraction of sp³-hybridized carbons (Fsp3) is 0.667. The number of aryl methyl sites for hydroxylation is 1. The average Bonchev–Trinajstić information content (AvgIpc) is 2.64. The van der Waals surface area contributed by atoms with E-state index in [0.29, 0.717) is 0 Å². The second-order valence-corrected chi connectivity index (χ2v) is 5.19. The van der Waals surface area contributed by atoms with Gasteiger partial charge in [-0.3, -0.25) is 9.69 Å². The van der Waals surface area contributed by atoms with Crippen LogP contribution in [0.5, 0.6) is 0 Å². The van der Waals surface area contributed by atoms with E-state index < -0.39 is 0 Å². The van der Waals surface area contributed by atoms with Crippen molar-refractivity contribution in [3.05, 3.63) is 18.2 Å². The summed E-state index contributed by atoms with van der Waals surface area (Å²) in [7, 11) is 1.99. The van der Waals surface area contributed by atoms with Gasteiger partial charge in [-0.15, -0.1) is 0 Å². The number of likely N-dealkylation sites (tertiary alicyclic amines) is 1. The van der Waals surface area contributed by atoms with Crippen molar-refractivity contribution in [3.63, 3.8) is 0 Å². The van der Waals surface area contributed by atoms with Crippen molar-refractivity contribution in [1.82, 2.24) is 14.5 Å². The molecule has 0 saturated carbocycles. The fourth-order valence-corrected chi connectivity index (χ4v) is 2.43. The van der Waals surface area contributed by atoms with E-state index in [4.69, 9.17) is 5.73 Å². The van der Waals surface area contributed by atoms with E-state index in [1.54, 1.807) is 6.20 Å². The first-order valence-corrected chi connectivity index (χ1v) is 6.00. The lowest BCUT2D eigenvalue weighted by Crippen LogP contribution is -2.48. The molecule has 17 heavy (non-hydrogen) atoms. The molecule has 5 heteroatoms. The van der Waals surface area contributed by atoms with Crippen molar-refractivity contribution >= 4 is 5.91 Å². The first-order valence-electron chi connectivity index (χ1n) is 6.00. The zero-order chi connectivity index (χ0) is 12.5. The van der Waals surface area contributed by atoms with Gasteiger partial charge in [-0.1, -0.05) is 0 Å². The zero-order valence-electron chi connectivity index (χ0n) is 10.5. The number of rotatable bonds is 3. The standard InChI is InChI=1S/C12H20N4O/c1-12(11(13)17)4-3-6-16(9-12)8-10-14-5-7-15(10)2/h5,7H,3-4,6,8-9H2,1-2H3,(H2,13,17). The Hall–Kier alpha value is -1.36. The molecular weight excluding hydrogens is 216 g/mol. The van der Waals surface area contributed by atoms with E-state index in [0.717, 1.165) is 38.3 Å². The molecule has 1 aromatic rings. The lowest BCUT2D eigenvalue weighted by molar-refractivity contribution is -0.130. The van der Waals surface area contributed by atoms with Crippen molar-refractivity contribution in [2.75, 3.05) is 13.1 Å². The van der Waals surface area contributed by atoms with Crippen molar-refractivity contribution in [3.8, 4) is 0 Å². The number of piperidine rings is 1. The van der Waals surface area contributed by atoms with Gasteiger partial charge in [-0.05, 0) is 26.3 Å². The van der Waals surface area contributed by atoms with Crippen LogP contribution < -0.4 is 5.73 Å². The van der Waals surface area contributed by atoms with Crippen LogP contribution in [0, 0.1) is 5.41 Å². The highest BCUT2D eigenvalue weighted by atomic mass is 16.1. The smallest absolute Gasteiger partial charge is 0.224 e. The Kier molecular flexibility index (Phi) is 3.19. The monoisotopic (exact) mass is 236 g/mol. The van der Waals surface area contributed by atoms with Gasteiger partial charge in [-0.2, -0.15) is 0 Å². The van der Waals surface area contributed by atoms with Crippen molar-refractivity contribution < 1.29 is 4.79 Å². The maximum absolute atomic E-state index is 11.5. The highest BCUT2D eigenvalue weighted by molar-refractivity contribution is 5.80. The third-order valence-electron chi connectivity index (χ3n) is 3.66. The van der Waals surface area contributed by atoms with Crippen LogP contribution >= 0.6 is 0 Å². The summed E-state index contributed by atoms with van der Waals surface area (Å²) in [6.07, 6.45) is 5.64. The Balaban J connectivity index is 2.03. The molecule has 2 heterocycles. The molecule has 1 atom stereocenters. The average molecular weight is 236 g/mol. The third kappa shape index (κ3) is 2.49. The van der Waals surface area contributed by atoms with E-state index >= 15 is 0 Å². The predicted molar refractivity (Wildman–Crippen MR) is 65.0 cm³/mol. The van der Waals surface area contributed by atoms with Gasteiger partial charge in [0.2, 0.25) is 5.91 Å². The number of aromatic nitrogens is 2. The lowest BCUT2D eigenvalue weighted by Gasteiger charge is -2.38. The van der Waals surface area contributed by atoms with E-state index in [1.807, 2.05) is 24.7 Å². The number of nitrogens with two attached hydrogens (primary N) is 1. The molecule has 2 N–H and O–H groups in total. The van der Waals surface area contributed by atoms with Crippen LogP contribution in [0.1, 0.15) is 25.6 Å². The molecule has 94 valence electrons. The number of carbonyl (C=O) groups excluding carboxylic acids is 1. The van der Waals surface area contributed by atoms with Crippen LogP contribution in [0.15, 0.2) is 12.4 Å². The number of amides is 1. The summed E-state index contributed by atoms with van der Waals surface area (Å²) in [5.74, 6) is 0.834. The normalized spacial score (nSPS) is 26.0. The van der Waals surface area contributed by atoms with Crippen LogP contribution in [0.4, 0.5) is 0 Å². The first-order chi connectivity index (χ1) is 8.01. The highest BCUT2D eigenvalue weighted by Crippen LogP contribution is 2.29. The van der Waals surface area contributed by atoms with Gasteiger partial charge in [-0.25, -0.2) is 4.98 Å². The van der Waals surface area contributed by atoms with Crippen molar-refractivity contribution in [2.45, 2.75) is 26.3 Å². The van der Waals surface area contributed by atoms with Gasteiger partial charge in [0.1, 0.15) is 5.82 Å². The van der Waals surface area contributed by atoms with Crippen LogP contribution in [0.2, 0.25) is 0 Å². The topological polar surface area (TPSA) is 64.2 Å². The Bertz CT molecular complexity index is 414. The molecule has 2 rings (SSSR count). The van der Waals surface area contributed by atoms with E-state index in [-0.39, 0.29) is 11.3 Å². The highest BCUT2D eigenvalue weighted by Gasteiger charge is 2.36. The first kappa shape index (κ1) is 12.1. The van der Waals surface area contributed by atoms with Gasteiger partial charge >= 0.3 is 0 Å². The van der Waals surface area contributed by atoms with Crippen LogP contribution in [-0.4, -0.2) is 33.4 Å². The minimum absolute atomic E-state index is 0.193. The number of imidazole rings is 1. The summed E-state index contributed by atoms with van der Waals surface area (Å²) in [4.78, 5) is 18.0. The Morgan fingerprint density at radius 3 is 3.00 bits per heavy atom. The second kappa shape index (κ2) is 4.49. The molecule has 1 aliphatic rings. The quantitative estimate of drug-likeness (QED) is 0.831. The van der Waals surface area contributed by atoms with Gasteiger partial charge < -0.3 is 10.3 Å². The summed E-state index contributed by atoms with van der Waals surface area (Å²) < 4.78 is 2.01. The third-order valence-corrected chi connectivity index (χ3v) is 3.66. The summed E-state index contributed by atoms with van der Waals surface area (Å²) in [5, 5.41) is 0. The predicted octanol–water partition coefficient (Wildman–Crippen LogP) is 0.508. The molecule has 5 nitrogen and oxygen atoms in total. The number of carbonyl (C=O) groups is 1. The van der Waals surface area contributed by atoms with E-state index in [2.05, 4.69) is 9.88 Å². The summed E-state index contributed by atoms with van der Waals surface area (Å²) in [5.41, 5.74) is 5.10. The number of primary amides is 1. The fourth-order valence-electron chi connectivity index (χ4n) is 2.43. The maximum atomic E-state index is 11.5. The molecule has 1 aliphatic heterocycles. The number of nitrogens with zero attached hydrogens (tertiary/aromatic N) is 3. The van der Waals surface area contributed by atoms with Crippen LogP contribution in [0.25, 0.3) is 0 Å².